The van der Waals surface area contributed by atoms with E-state index in [2.05, 4.69) is 4.90 Å². The van der Waals surface area contributed by atoms with Gasteiger partial charge in [0.15, 0.2) is 0 Å². The minimum atomic E-state index is -0.633. The normalized spacial score (nSPS) is 42.6. The van der Waals surface area contributed by atoms with Crippen molar-refractivity contribution in [1.82, 2.24) is 4.90 Å². The summed E-state index contributed by atoms with van der Waals surface area (Å²) in [5.74, 6) is -0.0169. The molecule has 17 heavy (non-hydrogen) atoms. The van der Waals surface area contributed by atoms with Gasteiger partial charge in [0.25, 0.3) is 0 Å². The first-order chi connectivity index (χ1) is 8.27. The summed E-state index contributed by atoms with van der Waals surface area (Å²) in [6, 6.07) is 0.607. The van der Waals surface area contributed by atoms with E-state index in [-0.39, 0.29) is 6.04 Å². The van der Waals surface area contributed by atoms with Crippen LogP contribution in [0.2, 0.25) is 0 Å². The number of carboxylic acid groups (broad SMARTS) is 1. The quantitative estimate of drug-likeness (QED) is 0.793. The highest BCUT2D eigenvalue weighted by Crippen LogP contribution is 2.41. The van der Waals surface area contributed by atoms with Crippen molar-refractivity contribution in [2.45, 2.75) is 56.7 Å². The second kappa shape index (κ2) is 4.58. The van der Waals surface area contributed by atoms with Crippen LogP contribution in [0.4, 0.5) is 0 Å². The molecule has 96 valence electrons. The Morgan fingerprint density at radius 2 is 2.06 bits per heavy atom. The number of nitrogens with zero attached hydrogens (tertiary/aromatic N) is 1. The van der Waals surface area contributed by atoms with E-state index in [0.717, 1.165) is 26.1 Å². The van der Waals surface area contributed by atoms with Crippen molar-refractivity contribution in [2.24, 2.45) is 5.92 Å². The average molecular weight is 239 g/mol. The first kappa shape index (κ1) is 11.5. The van der Waals surface area contributed by atoms with E-state index >= 15 is 0 Å². The van der Waals surface area contributed by atoms with Gasteiger partial charge in [-0.05, 0) is 31.6 Å². The van der Waals surface area contributed by atoms with Crippen molar-refractivity contribution >= 4 is 5.97 Å². The van der Waals surface area contributed by atoms with E-state index in [4.69, 9.17) is 4.74 Å². The highest BCUT2D eigenvalue weighted by molar-refractivity contribution is 5.74. The lowest BCUT2D eigenvalue weighted by Crippen LogP contribution is -2.48. The van der Waals surface area contributed by atoms with Crippen LogP contribution in [0.15, 0.2) is 0 Å². The average Bonchev–Trinajstić information content (AvgIpc) is 2.94. The molecule has 2 heterocycles. The highest BCUT2D eigenvalue weighted by Gasteiger charge is 2.48. The summed E-state index contributed by atoms with van der Waals surface area (Å²) < 4.78 is 5.44. The molecule has 1 saturated carbocycles. The molecular weight excluding hydrogens is 218 g/mol. The lowest BCUT2D eigenvalue weighted by molar-refractivity contribution is -0.143. The van der Waals surface area contributed by atoms with Crippen molar-refractivity contribution in [2.75, 3.05) is 13.2 Å². The zero-order valence-corrected chi connectivity index (χ0v) is 10.2. The molecule has 0 bridgehead atoms. The molecule has 2 aliphatic heterocycles. The molecule has 0 radical (unpaired) electrons. The molecule has 0 aromatic carbocycles. The molecule has 4 atom stereocenters. The zero-order chi connectivity index (χ0) is 11.8. The van der Waals surface area contributed by atoms with Crippen molar-refractivity contribution in [3.05, 3.63) is 0 Å². The van der Waals surface area contributed by atoms with Gasteiger partial charge < -0.3 is 9.84 Å². The van der Waals surface area contributed by atoms with Crippen LogP contribution in [-0.2, 0) is 9.53 Å². The number of ether oxygens (including phenoxy) is 1. The summed E-state index contributed by atoms with van der Waals surface area (Å²) in [4.78, 5) is 13.7. The topological polar surface area (TPSA) is 49.8 Å². The Bertz CT molecular complexity index is 301. The predicted molar refractivity (Wildman–Crippen MR) is 62.8 cm³/mol. The Morgan fingerprint density at radius 1 is 1.24 bits per heavy atom. The molecule has 4 unspecified atom stereocenters. The zero-order valence-electron chi connectivity index (χ0n) is 10.2. The first-order valence-electron chi connectivity index (χ1n) is 6.85. The van der Waals surface area contributed by atoms with Crippen molar-refractivity contribution < 1.29 is 14.6 Å². The van der Waals surface area contributed by atoms with E-state index in [1.165, 1.54) is 25.7 Å². The van der Waals surface area contributed by atoms with Gasteiger partial charge in [-0.15, -0.1) is 0 Å². The Labute approximate surface area is 102 Å². The Kier molecular flexibility index (Phi) is 3.09. The van der Waals surface area contributed by atoms with Gasteiger partial charge in [-0.25, -0.2) is 0 Å². The van der Waals surface area contributed by atoms with Crippen LogP contribution < -0.4 is 0 Å². The SMILES string of the molecule is O=C(O)C1CC2CCCCC2N1C1CCOC1. The van der Waals surface area contributed by atoms with Gasteiger partial charge in [-0.1, -0.05) is 12.8 Å². The molecule has 0 aromatic heterocycles. The number of carbonyl (C=O) groups is 1. The van der Waals surface area contributed by atoms with Crippen molar-refractivity contribution in [3.63, 3.8) is 0 Å². The summed E-state index contributed by atoms with van der Waals surface area (Å²) in [6.45, 7) is 1.53. The molecule has 0 aromatic rings. The van der Waals surface area contributed by atoms with Crippen LogP contribution in [0.5, 0.6) is 0 Å². The van der Waals surface area contributed by atoms with E-state index in [1.807, 2.05) is 0 Å². The molecule has 0 spiro atoms. The Hall–Kier alpha value is -0.610. The third-order valence-corrected chi connectivity index (χ3v) is 4.75. The lowest BCUT2D eigenvalue weighted by atomic mass is 9.84. The minimum absolute atomic E-state index is 0.255. The number of hydrogen-bond donors (Lipinski definition) is 1. The third-order valence-electron chi connectivity index (χ3n) is 4.75. The van der Waals surface area contributed by atoms with Gasteiger partial charge in [0.2, 0.25) is 0 Å². The van der Waals surface area contributed by atoms with E-state index in [0.29, 0.717) is 18.0 Å². The predicted octanol–water partition coefficient (Wildman–Crippen LogP) is 1.49. The standard InChI is InChI=1S/C13H21NO3/c15-13(16)12-7-9-3-1-2-4-11(9)14(12)10-5-6-17-8-10/h9-12H,1-8H2,(H,15,16). The lowest BCUT2D eigenvalue weighted by Gasteiger charge is -2.36. The Balaban J connectivity index is 1.81. The van der Waals surface area contributed by atoms with Crippen molar-refractivity contribution in [3.8, 4) is 0 Å². The molecular formula is C13H21NO3. The van der Waals surface area contributed by atoms with Crippen LogP contribution in [0.3, 0.4) is 0 Å². The van der Waals surface area contributed by atoms with Gasteiger partial charge in [0.1, 0.15) is 6.04 Å². The maximum Gasteiger partial charge on any atom is 0.320 e. The second-order valence-corrected chi connectivity index (χ2v) is 5.67. The molecule has 3 fully saturated rings. The molecule has 1 aliphatic carbocycles. The minimum Gasteiger partial charge on any atom is -0.480 e. The number of fused-ring (bicyclic) bond motifs is 1. The number of likely N-dealkylation sites (tertiary alicyclic amines) is 1. The summed E-state index contributed by atoms with van der Waals surface area (Å²) >= 11 is 0. The van der Waals surface area contributed by atoms with Gasteiger partial charge >= 0.3 is 5.97 Å². The molecule has 3 aliphatic rings. The van der Waals surface area contributed by atoms with Crippen LogP contribution in [0.1, 0.15) is 38.5 Å². The highest BCUT2D eigenvalue weighted by atomic mass is 16.5. The third kappa shape index (κ3) is 1.97. The van der Waals surface area contributed by atoms with Crippen LogP contribution in [0.25, 0.3) is 0 Å². The molecule has 4 nitrogen and oxygen atoms in total. The number of carboxylic acids is 1. The maximum atomic E-state index is 11.4. The largest absolute Gasteiger partial charge is 0.480 e. The van der Waals surface area contributed by atoms with Gasteiger partial charge in [0.05, 0.1) is 6.61 Å². The maximum absolute atomic E-state index is 11.4. The summed E-state index contributed by atoms with van der Waals surface area (Å²) in [6.07, 6.45) is 6.81. The Morgan fingerprint density at radius 3 is 2.76 bits per heavy atom. The fraction of sp³-hybridized carbons (Fsp3) is 0.923. The number of rotatable bonds is 2. The number of hydrogen-bond acceptors (Lipinski definition) is 3. The monoisotopic (exact) mass is 239 g/mol. The summed E-state index contributed by atoms with van der Waals surface area (Å²) in [5.41, 5.74) is 0. The first-order valence-corrected chi connectivity index (χ1v) is 6.85. The molecule has 4 heteroatoms. The summed E-state index contributed by atoms with van der Waals surface area (Å²) in [7, 11) is 0. The van der Waals surface area contributed by atoms with Crippen LogP contribution >= 0.6 is 0 Å². The van der Waals surface area contributed by atoms with E-state index in [1.54, 1.807) is 0 Å². The smallest absolute Gasteiger partial charge is 0.320 e. The molecule has 1 N–H and O–H groups in total. The van der Waals surface area contributed by atoms with E-state index < -0.39 is 5.97 Å². The van der Waals surface area contributed by atoms with Crippen molar-refractivity contribution in [1.29, 1.82) is 0 Å². The summed E-state index contributed by atoms with van der Waals surface area (Å²) in [5, 5.41) is 9.41. The molecule has 2 saturated heterocycles. The second-order valence-electron chi connectivity index (χ2n) is 5.67. The van der Waals surface area contributed by atoms with Crippen LogP contribution in [0, 0.1) is 5.92 Å². The van der Waals surface area contributed by atoms with E-state index in [9.17, 15) is 9.90 Å². The van der Waals surface area contributed by atoms with Gasteiger partial charge in [-0.2, -0.15) is 0 Å². The van der Waals surface area contributed by atoms with Crippen LogP contribution in [-0.4, -0.2) is 47.3 Å². The fourth-order valence-electron chi connectivity index (χ4n) is 4.01. The molecule has 0 amide bonds. The van der Waals surface area contributed by atoms with Gasteiger partial charge in [-0.3, -0.25) is 9.69 Å². The van der Waals surface area contributed by atoms with Gasteiger partial charge in [0, 0.05) is 18.7 Å². The number of aliphatic carboxylic acids is 1. The fourth-order valence-corrected chi connectivity index (χ4v) is 4.01. The molecule has 3 rings (SSSR count).